The molecule has 2 N–H and O–H groups in total. The maximum Gasteiger partial charge on any atom is 0.324 e. The Morgan fingerprint density at radius 1 is 1.10 bits per heavy atom. The molecule has 0 aliphatic rings. The fourth-order valence-electron chi connectivity index (χ4n) is 1.65. The first kappa shape index (κ1) is 14.5. The Bertz CT molecular complexity index is 611. The summed E-state index contributed by atoms with van der Waals surface area (Å²) in [4.78, 5) is 10.5. The number of carboxylic acids is 1. The predicted molar refractivity (Wildman–Crippen MR) is 80.9 cm³/mol. The van der Waals surface area contributed by atoms with Crippen molar-refractivity contribution in [3.8, 4) is 0 Å². The zero-order valence-electron chi connectivity index (χ0n) is 11.6. The van der Waals surface area contributed by atoms with Gasteiger partial charge in [0.15, 0.2) is 0 Å². The lowest BCUT2D eigenvalue weighted by atomic mass is 10.2. The molecule has 0 amide bonds. The second-order valence-corrected chi connectivity index (χ2v) is 4.44. The van der Waals surface area contributed by atoms with Gasteiger partial charge in [-0.05, 0) is 36.4 Å². The summed E-state index contributed by atoms with van der Waals surface area (Å²) in [6, 6.07) is 17.2. The number of benzene rings is 2. The van der Waals surface area contributed by atoms with Gasteiger partial charge in [0.1, 0.15) is 6.54 Å². The summed E-state index contributed by atoms with van der Waals surface area (Å²) in [6.07, 6.45) is 0. The second-order valence-electron chi connectivity index (χ2n) is 4.44. The molecular formula is C15H16N4O2. The molecule has 0 bridgehead atoms. The Labute approximate surface area is 122 Å². The van der Waals surface area contributed by atoms with Crippen LogP contribution in [0.15, 0.2) is 64.9 Å². The Hall–Kier alpha value is -2.89. The first-order chi connectivity index (χ1) is 10.1. The van der Waals surface area contributed by atoms with Crippen LogP contribution in [-0.4, -0.2) is 29.7 Å². The number of para-hydroxylation sites is 1. The summed E-state index contributed by atoms with van der Waals surface area (Å²) in [6.45, 7) is -0.183. The molecule has 2 rings (SSSR count). The van der Waals surface area contributed by atoms with Crippen LogP contribution in [0.4, 0.5) is 17.1 Å². The van der Waals surface area contributed by atoms with Gasteiger partial charge < -0.3 is 10.4 Å². The van der Waals surface area contributed by atoms with E-state index in [1.165, 1.54) is 5.01 Å². The summed E-state index contributed by atoms with van der Waals surface area (Å²) in [5.41, 5.74) is 2.61. The lowest BCUT2D eigenvalue weighted by molar-refractivity contribution is -0.138. The minimum atomic E-state index is -0.946. The van der Waals surface area contributed by atoms with Crippen molar-refractivity contribution >= 4 is 23.0 Å². The highest BCUT2D eigenvalue weighted by molar-refractivity contribution is 5.68. The van der Waals surface area contributed by atoms with Crippen molar-refractivity contribution in [3.05, 3.63) is 54.6 Å². The van der Waals surface area contributed by atoms with Crippen LogP contribution in [0, 0.1) is 0 Å². The van der Waals surface area contributed by atoms with Gasteiger partial charge in [-0.15, -0.1) is 5.11 Å². The van der Waals surface area contributed by atoms with Gasteiger partial charge in [-0.2, -0.15) is 0 Å². The third-order valence-corrected chi connectivity index (χ3v) is 2.61. The van der Waals surface area contributed by atoms with Crippen molar-refractivity contribution < 1.29 is 9.90 Å². The molecule has 0 fully saturated rings. The van der Waals surface area contributed by atoms with E-state index >= 15 is 0 Å². The number of aliphatic carboxylic acids is 1. The van der Waals surface area contributed by atoms with Crippen molar-refractivity contribution in [1.82, 2.24) is 5.01 Å². The molecule has 21 heavy (non-hydrogen) atoms. The van der Waals surface area contributed by atoms with E-state index in [1.54, 1.807) is 7.05 Å². The Morgan fingerprint density at radius 2 is 1.71 bits per heavy atom. The van der Waals surface area contributed by atoms with Gasteiger partial charge in [0.05, 0.1) is 5.69 Å². The average molecular weight is 284 g/mol. The maximum atomic E-state index is 10.5. The van der Waals surface area contributed by atoms with Gasteiger partial charge in [-0.3, -0.25) is 9.80 Å². The van der Waals surface area contributed by atoms with Crippen LogP contribution in [0.5, 0.6) is 0 Å². The van der Waals surface area contributed by atoms with Crippen molar-refractivity contribution in [1.29, 1.82) is 0 Å². The number of anilines is 2. The number of nitrogens with zero attached hydrogens (tertiary/aromatic N) is 3. The molecule has 2 aromatic rings. The van der Waals surface area contributed by atoms with Crippen LogP contribution in [0.2, 0.25) is 0 Å². The summed E-state index contributed by atoms with van der Waals surface area (Å²) in [5.74, 6) is -0.946. The van der Waals surface area contributed by atoms with Crippen molar-refractivity contribution in [2.75, 3.05) is 18.9 Å². The number of hydrogen-bond donors (Lipinski definition) is 2. The molecule has 0 radical (unpaired) electrons. The van der Waals surface area contributed by atoms with E-state index in [1.807, 2.05) is 54.6 Å². The van der Waals surface area contributed by atoms with Crippen LogP contribution in [0.1, 0.15) is 0 Å². The zero-order chi connectivity index (χ0) is 15.1. The van der Waals surface area contributed by atoms with E-state index in [0.717, 1.165) is 11.4 Å². The molecule has 0 aliphatic heterocycles. The normalized spacial score (nSPS) is 10.5. The third kappa shape index (κ3) is 4.94. The largest absolute Gasteiger partial charge is 0.480 e. The van der Waals surface area contributed by atoms with E-state index in [0.29, 0.717) is 5.69 Å². The molecule has 0 aliphatic carbocycles. The first-order valence-corrected chi connectivity index (χ1v) is 6.40. The van der Waals surface area contributed by atoms with Gasteiger partial charge >= 0.3 is 5.97 Å². The fraction of sp³-hybridized carbons (Fsp3) is 0.133. The van der Waals surface area contributed by atoms with E-state index in [9.17, 15) is 4.79 Å². The quantitative estimate of drug-likeness (QED) is 0.629. The molecule has 0 saturated carbocycles. The second kappa shape index (κ2) is 7.04. The van der Waals surface area contributed by atoms with Crippen LogP contribution in [0.25, 0.3) is 0 Å². The highest BCUT2D eigenvalue weighted by Crippen LogP contribution is 2.20. The molecule has 2 aromatic carbocycles. The maximum absolute atomic E-state index is 10.5. The zero-order valence-corrected chi connectivity index (χ0v) is 11.6. The smallest absolute Gasteiger partial charge is 0.324 e. The molecule has 0 atom stereocenters. The minimum Gasteiger partial charge on any atom is -0.480 e. The number of likely N-dealkylation sites (N-methyl/N-ethyl adjacent to an activating group) is 1. The van der Waals surface area contributed by atoms with E-state index in [2.05, 4.69) is 15.7 Å². The SMILES string of the molecule is CN(CC(=O)O)/N=N/c1ccc(Nc2ccccc2)cc1. The molecule has 6 nitrogen and oxygen atoms in total. The number of rotatable bonds is 6. The van der Waals surface area contributed by atoms with Crippen molar-refractivity contribution in [2.24, 2.45) is 10.3 Å². The number of carbonyl (C=O) groups is 1. The van der Waals surface area contributed by atoms with Crippen molar-refractivity contribution in [2.45, 2.75) is 0 Å². The number of hydrogen-bond acceptors (Lipinski definition) is 4. The van der Waals surface area contributed by atoms with E-state index < -0.39 is 5.97 Å². The predicted octanol–water partition coefficient (Wildman–Crippen LogP) is 3.45. The van der Waals surface area contributed by atoms with Gasteiger partial charge in [-0.1, -0.05) is 23.4 Å². The number of carboxylic acid groups (broad SMARTS) is 1. The van der Waals surface area contributed by atoms with Gasteiger partial charge in [-0.25, -0.2) is 0 Å². The lowest BCUT2D eigenvalue weighted by Crippen LogP contribution is -2.19. The summed E-state index contributed by atoms with van der Waals surface area (Å²) >= 11 is 0. The van der Waals surface area contributed by atoms with Crippen LogP contribution in [0.3, 0.4) is 0 Å². The lowest BCUT2D eigenvalue weighted by Gasteiger charge is -2.07. The molecule has 0 unspecified atom stereocenters. The summed E-state index contributed by atoms with van der Waals surface area (Å²) in [7, 11) is 1.56. The average Bonchev–Trinajstić information content (AvgIpc) is 2.47. The van der Waals surface area contributed by atoms with Crippen molar-refractivity contribution in [3.63, 3.8) is 0 Å². The molecule has 6 heteroatoms. The number of nitrogens with one attached hydrogen (secondary N) is 1. The van der Waals surface area contributed by atoms with Gasteiger partial charge in [0, 0.05) is 18.4 Å². The highest BCUT2D eigenvalue weighted by Gasteiger charge is 2.00. The Kier molecular flexibility index (Phi) is 4.87. The standard InChI is InChI=1S/C15H16N4O2/c1-19(11-15(20)21)18-17-14-9-7-13(8-10-14)16-12-5-3-2-4-6-12/h2-10,16H,11H2,1H3,(H,20,21)/b18-17+. The Balaban J connectivity index is 1.96. The summed E-state index contributed by atoms with van der Waals surface area (Å²) in [5, 5.41) is 20.9. The van der Waals surface area contributed by atoms with Crippen LogP contribution < -0.4 is 5.32 Å². The van der Waals surface area contributed by atoms with Crippen LogP contribution in [-0.2, 0) is 4.79 Å². The monoisotopic (exact) mass is 284 g/mol. The molecule has 0 saturated heterocycles. The summed E-state index contributed by atoms with van der Waals surface area (Å²) < 4.78 is 0. The molecule has 0 heterocycles. The molecule has 0 spiro atoms. The third-order valence-electron chi connectivity index (χ3n) is 2.61. The minimum absolute atomic E-state index is 0.183. The first-order valence-electron chi connectivity index (χ1n) is 6.40. The van der Waals surface area contributed by atoms with E-state index in [-0.39, 0.29) is 6.54 Å². The van der Waals surface area contributed by atoms with Crippen LogP contribution >= 0.6 is 0 Å². The van der Waals surface area contributed by atoms with Gasteiger partial charge in [0.25, 0.3) is 0 Å². The fourth-order valence-corrected chi connectivity index (χ4v) is 1.65. The highest BCUT2D eigenvalue weighted by atomic mass is 16.4. The molecule has 0 aromatic heterocycles. The molecular weight excluding hydrogens is 268 g/mol. The van der Waals surface area contributed by atoms with E-state index in [4.69, 9.17) is 5.11 Å². The Morgan fingerprint density at radius 3 is 2.33 bits per heavy atom. The molecule has 108 valence electrons. The topological polar surface area (TPSA) is 77.3 Å². The van der Waals surface area contributed by atoms with Gasteiger partial charge in [0.2, 0.25) is 0 Å².